The van der Waals surface area contributed by atoms with Crippen LogP contribution in [0.4, 0.5) is 0 Å². The van der Waals surface area contributed by atoms with Gasteiger partial charge in [0, 0.05) is 49.9 Å². The molecule has 0 aliphatic carbocycles. The summed E-state index contributed by atoms with van der Waals surface area (Å²) in [5.41, 5.74) is 0. The van der Waals surface area contributed by atoms with Crippen molar-refractivity contribution in [1.82, 2.24) is 0 Å². The van der Waals surface area contributed by atoms with Gasteiger partial charge >= 0.3 is 0 Å². The maximum absolute atomic E-state index is 9.40. The Balaban J connectivity index is -0.0000000800. The molecule has 0 fully saturated rings. The smallest absolute Gasteiger partial charge is 0.119 e. The van der Waals surface area contributed by atoms with E-state index in [-0.39, 0.29) is 43.4 Å². The van der Waals surface area contributed by atoms with Crippen LogP contribution in [0.2, 0.25) is 0 Å². The third-order valence-electron chi connectivity index (χ3n) is 0.407. The van der Waals surface area contributed by atoms with Crippen LogP contribution in [0.25, 0.3) is 0 Å². The molecule has 0 amide bonds. The predicted molar refractivity (Wildman–Crippen MR) is 21.0 cm³/mol. The molecule has 0 bridgehead atoms. The van der Waals surface area contributed by atoms with Crippen molar-refractivity contribution >= 4 is 6.29 Å². The number of carbonyl (C=O) groups is 1. The van der Waals surface area contributed by atoms with Crippen LogP contribution in [-0.2, 0) is 48.2 Å². The summed E-state index contributed by atoms with van der Waals surface area (Å²) >= 11 is 0. The van der Waals surface area contributed by atoms with E-state index in [9.17, 15) is 4.79 Å². The first kappa shape index (κ1) is 15.7. The Labute approximate surface area is 74.0 Å². The number of carbonyl (C=O) groups excluding carboxylic acids is 1. The Kier molecular flexibility index (Phi) is 35.2. The summed E-state index contributed by atoms with van der Waals surface area (Å²) in [5, 5.41) is 0. The Morgan fingerprint density at radius 3 is 1.86 bits per heavy atom. The topological polar surface area (TPSA) is 17.1 Å². The summed E-state index contributed by atoms with van der Waals surface area (Å²) in [7, 11) is 0. The van der Waals surface area contributed by atoms with E-state index < -0.39 is 0 Å². The monoisotopic (exact) mass is 168 g/mol. The molecule has 1 nitrogen and oxygen atoms in total. The summed E-state index contributed by atoms with van der Waals surface area (Å²) in [6.07, 6.45) is 2.61. The maximum Gasteiger partial charge on any atom is 0.119 e. The van der Waals surface area contributed by atoms with Crippen molar-refractivity contribution < 1.29 is 48.2 Å². The molecule has 0 N–H and O–H groups in total. The first-order valence-electron chi connectivity index (χ1n) is 1.85. The quantitative estimate of drug-likeness (QED) is 0.443. The fraction of sp³-hybridized carbons (Fsp3) is 0.750. The van der Waals surface area contributed by atoms with Crippen LogP contribution >= 0.6 is 0 Å². The van der Waals surface area contributed by atoms with E-state index in [4.69, 9.17) is 0 Å². The molecule has 7 heavy (non-hydrogen) atoms. The molecule has 0 rings (SSSR count). The SMILES string of the molecule is CCCC=O.[Ti].[Ti]. The summed E-state index contributed by atoms with van der Waals surface area (Å²) in [4.78, 5) is 9.40. The minimum atomic E-state index is 0. The third kappa shape index (κ3) is 19.2. The Hall–Kier alpha value is 1.10. The number of hydrogen-bond acceptors (Lipinski definition) is 1. The molecule has 0 unspecified atom stereocenters. The molecule has 0 aliphatic heterocycles. The molecule has 38 valence electrons. The van der Waals surface area contributed by atoms with Crippen molar-refractivity contribution in [3.8, 4) is 0 Å². The Morgan fingerprint density at radius 1 is 1.43 bits per heavy atom. The van der Waals surface area contributed by atoms with Gasteiger partial charge in [0.05, 0.1) is 0 Å². The van der Waals surface area contributed by atoms with E-state index in [0.29, 0.717) is 6.42 Å². The molecule has 0 spiro atoms. The zero-order valence-corrected chi connectivity index (χ0v) is 7.52. The van der Waals surface area contributed by atoms with E-state index >= 15 is 0 Å². The molecular weight excluding hydrogens is 160 g/mol. The van der Waals surface area contributed by atoms with Gasteiger partial charge in [-0.25, -0.2) is 0 Å². The van der Waals surface area contributed by atoms with Gasteiger partial charge in [-0.1, -0.05) is 6.92 Å². The van der Waals surface area contributed by atoms with Crippen LogP contribution in [0.3, 0.4) is 0 Å². The van der Waals surface area contributed by atoms with E-state index in [0.717, 1.165) is 12.7 Å². The fourth-order valence-electron chi connectivity index (χ4n) is 0.118. The van der Waals surface area contributed by atoms with Gasteiger partial charge < -0.3 is 4.79 Å². The molecule has 0 aromatic carbocycles. The van der Waals surface area contributed by atoms with Gasteiger partial charge in [-0.2, -0.15) is 0 Å². The van der Waals surface area contributed by atoms with Gasteiger partial charge in [-0.15, -0.1) is 0 Å². The van der Waals surface area contributed by atoms with E-state index in [1.54, 1.807) is 0 Å². The zero-order chi connectivity index (χ0) is 4.12. The standard InChI is InChI=1S/C4H8O.2Ti/c1-2-3-4-5;;/h4H,2-3H2,1H3;;. The van der Waals surface area contributed by atoms with Crippen LogP contribution in [0.5, 0.6) is 0 Å². The summed E-state index contributed by atoms with van der Waals surface area (Å²) in [6, 6.07) is 0. The molecule has 3 heteroatoms. The zero-order valence-electron chi connectivity index (χ0n) is 4.40. The third-order valence-corrected chi connectivity index (χ3v) is 0.407. The Morgan fingerprint density at radius 2 is 1.86 bits per heavy atom. The number of rotatable bonds is 2. The molecule has 0 heterocycles. The second-order valence-corrected chi connectivity index (χ2v) is 0.955. The van der Waals surface area contributed by atoms with Crippen molar-refractivity contribution in [2.75, 3.05) is 0 Å². The van der Waals surface area contributed by atoms with Crippen molar-refractivity contribution in [1.29, 1.82) is 0 Å². The largest absolute Gasteiger partial charge is 0.303 e. The van der Waals surface area contributed by atoms with Gasteiger partial charge in [-0.05, 0) is 6.42 Å². The van der Waals surface area contributed by atoms with Crippen LogP contribution in [0, 0.1) is 0 Å². The van der Waals surface area contributed by atoms with Crippen molar-refractivity contribution in [2.24, 2.45) is 0 Å². The molecule has 0 atom stereocenters. The normalized spacial score (nSPS) is 5.29. The molecule has 0 aromatic rings. The fourth-order valence-corrected chi connectivity index (χ4v) is 0.118. The van der Waals surface area contributed by atoms with Gasteiger partial charge in [0.2, 0.25) is 0 Å². The van der Waals surface area contributed by atoms with Crippen LogP contribution in [0.15, 0.2) is 0 Å². The second kappa shape index (κ2) is 15.7. The van der Waals surface area contributed by atoms with Gasteiger partial charge in [-0.3, -0.25) is 0 Å². The number of unbranched alkanes of at least 4 members (excludes halogenated alkanes) is 1. The second-order valence-electron chi connectivity index (χ2n) is 0.955. The van der Waals surface area contributed by atoms with Gasteiger partial charge in [0.15, 0.2) is 0 Å². The van der Waals surface area contributed by atoms with Gasteiger partial charge in [0.1, 0.15) is 6.29 Å². The number of aldehydes is 1. The molecule has 0 saturated carbocycles. The van der Waals surface area contributed by atoms with Crippen LogP contribution < -0.4 is 0 Å². The van der Waals surface area contributed by atoms with E-state index in [1.807, 2.05) is 6.92 Å². The molecule has 0 radical (unpaired) electrons. The first-order valence-corrected chi connectivity index (χ1v) is 1.85. The van der Waals surface area contributed by atoms with Crippen LogP contribution in [-0.4, -0.2) is 6.29 Å². The number of hydrogen-bond donors (Lipinski definition) is 0. The van der Waals surface area contributed by atoms with E-state index in [1.165, 1.54) is 0 Å². The molecular formula is C4H8OTi2. The molecule has 0 aliphatic rings. The maximum atomic E-state index is 9.40. The Bertz CT molecular complexity index is 30.9. The average Bonchev–Trinajstić information content (AvgIpc) is 1.41. The van der Waals surface area contributed by atoms with Crippen molar-refractivity contribution in [3.63, 3.8) is 0 Å². The molecule has 0 aromatic heterocycles. The summed E-state index contributed by atoms with van der Waals surface area (Å²) in [5.74, 6) is 0. The average molecular weight is 168 g/mol. The van der Waals surface area contributed by atoms with Crippen molar-refractivity contribution in [3.05, 3.63) is 0 Å². The molecule has 0 saturated heterocycles. The van der Waals surface area contributed by atoms with Gasteiger partial charge in [0.25, 0.3) is 0 Å². The van der Waals surface area contributed by atoms with Crippen LogP contribution in [0.1, 0.15) is 19.8 Å². The summed E-state index contributed by atoms with van der Waals surface area (Å²) < 4.78 is 0. The predicted octanol–water partition coefficient (Wildman–Crippen LogP) is 0.980. The summed E-state index contributed by atoms with van der Waals surface area (Å²) in [6.45, 7) is 1.98. The minimum absolute atomic E-state index is 0. The van der Waals surface area contributed by atoms with E-state index in [2.05, 4.69) is 0 Å². The first-order chi connectivity index (χ1) is 2.41. The minimum Gasteiger partial charge on any atom is -0.303 e. The van der Waals surface area contributed by atoms with Crippen molar-refractivity contribution in [2.45, 2.75) is 19.8 Å².